The Labute approximate surface area is 212 Å². The molecule has 1 aliphatic heterocycles. The standard InChI is InChI=1S/C25H43N5O.HI/c1-4-26-24(28-21-25(11-8-12-25)13-18-31-3)27-19-22-9-6-7-10-23(22)20-30-16-14-29(5-2)15-17-30;/h6-7,9-10H,4-5,8,11-21H2,1-3H3,(H2,26,27,28);1H. The molecule has 1 saturated carbocycles. The Morgan fingerprint density at radius 1 is 1.03 bits per heavy atom. The Kier molecular flexibility index (Phi) is 12.3. The van der Waals surface area contributed by atoms with E-state index in [-0.39, 0.29) is 24.0 Å². The van der Waals surface area contributed by atoms with Gasteiger partial charge in [-0.3, -0.25) is 4.90 Å². The van der Waals surface area contributed by atoms with Gasteiger partial charge in [0, 0.05) is 59.5 Å². The number of hydrogen-bond donors (Lipinski definition) is 2. The minimum Gasteiger partial charge on any atom is -0.385 e. The molecule has 3 rings (SSSR count). The van der Waals surface area contributed by atoms with E-state index >= 15 is 0 Å². The molecule has 0 spiro atoms. The molecule has 2 N–H and O–H groups in total. The van der Waals surface area contributed by atoms with Crippen molar-refractivity contribution in [1.82, 2.24) is 20.4 Å². The summed E-state index contributed by atoms with van der Waals surface area (Å²) in [5.74, 6) is 0.928. The first-order chi connectivity index (χ1) is 15.2. The topological polar surface area (TPSA) is 52.1 Å². The van der Waals surface area contributed by atoms with E-state index in [9.17, 15) is 0 Å². The van der Waals surface area contributed by atoms with Crippen LogP contribution in [0.3, 0.4) is 0 Å². The highest BCUT2D eigenvalue weighted by Crippen LogP contribution is 2.43. The molecule has 0 bridgehead atoms. The number of hydrogen-bond acceptors (Lipinski definition) is 4. The number of benzene rings is 1. The number of likely N-dealkylation sites (N-methyl/N-ethyl adjacent to an activating group) is 1. The third-order valence-corrected chi connectivity index (χ3v) is 7.06. The van der Waals surface area contributed by atoms with Crippen molar-refractivity contribution < 1.29 is 4.74 Å². The van der Waals surface area contributed by atoms with Crippen LogP contribution in [-0.4, -0.2) is 75.3 Å². The summed E-state index contributed by atoms with van der Waals surface area (Å²) in [6, 6.07) is 8.80. The van der Waals surface area contributed by atoms with E-state index in [1.807, 2.05) is 0 Å². The Morgan fingerprint density at radius 2 is 1.72 bits per heavy atom. The van der Waals surface area contributed by atoms with Gasteiger partial charge >= 0.3 is 0 Å². The zero-order valence-electron chi connectivity index (χ0n) is 20.4. The van der Waals surface area contributed by atoms with Crippen molar-refractivity contribution in [1.29, 1.82) is 0 Å². The maximum atomic E-state index is 5.34. The van der Waals surface area contributed by atoms with Gasteiger partial charge in [0.15, 0.2) is 5.96 Å². The van der Waals surface area contributed by atoms with Crippen LogP contribution in [0.25, 0.3) is 0 Å². The summed E-state index contributed by atoms with van der Waals surface area (Å²) in [7, 11) is 1.80. The van der Waals surface area contributed by atoms with Gasteiger partial charge in [-0.15, -0.1) is 24.0 Å². The molecule has 0 aromatic heterocycles. The van der Waals surface area contributed by atoms with E-state index in [1.165, 1.54) is 43.5 Å². The molecule has 7 heteroatoms. The highest BCUT2D eigenvalue weighted by atomic mass is 127. The Hall–Kier alpha value is -0.900. The molecular weight excluding hydrogens is 513 g/mol. The molecule has 2 aliphatic rings. The van der Waals surface area contributed by atoms with E-state index in [0.717, 1.165) is 58.3 Å². The minimum absolute atomic E-state index is 0. The van der Waals surface area contributed by atoms with Crippen LogP contribution in [0.15, 0.2) is 29.3 Å². The molecule has 1 aromatic carbocycles. The lowest BCUT2D eigenvalue weighted by molar-refractivity contribution is 0.0732. The second-order valence-corrected chi connectivity index (χ2v) is 9.12. The number of ether oxygens (including phenoxy) is 1. The van der Waals surface area contributed by atoms with Gasteiger partial charge in [-0.1, -0.05) is 37.6 Å². The lowest BCUT2D eigenvalue weighted by Crippen LogP contribution is -2.47. The summed E-state index contributed by atoms with van der Waals surface area (Å²) in [5.41, 5.74) is 3.11. The van der Waals surface area contributed by atoms with E-state index in [0.29, 0.717) is 12.0 Å². The maximum absolute atomic E-state index is 5.34. The number of piperazine rings is 1. The summed E-state index contributed by atoms with van der Waals surface area (Å²) >= 11 is 0. The van der Waals surface area contributed by atoms with Crippen molar-refractivity contribution in [2.24, 2.45) is 10.4 Å². The second kappa shape index (κ2) is 14.4. The number of methoxy groups -OCH3 is 1. The van der Waals surface area contributed by atoms with Crippen molar-refractivity contribution in [3.63, 3.8) is 0 Å². The fourth-order valence-corrected chi connectivity index (χ4v) is 4.66. The van der Waals surface area contributed by atoms with Crippen LogP contribution < -0.4 is 10.6 Å². The van der Waals surface area contributed by atoms with Crippen LogP contribution in [0, 0.1) is 5.41 Å². The van der Waals surface area contributed by atoms with E-state index < -0.39 is 0 Å². The first-order valence-electron chi connectivity index (χ1n) is 12.2. The van der Waals surface area contributed by atoms with Crippen LogP contribution >= 0.6 is 24.0 Å². The average Bonchev–Trinajstić information content (AvgIpc) is 2.77. The zero-order valence-corrected chi connectivity index (χ0v) is 22.7. The number of nitrogens with zero attached hydrogens (tertiary/aromatic N) is 3. The SMILES string of the molecule is CCNC(=NCc1ccccc1CN1CCN(CC)CC1)NCC1(CCOC)CCC1.I. The lowest BCUT2D eigenvalue weighted by atomic mass is 9.67. The van der Waals surface area contributed by atoms with Crippen molar-refractivity contribution in [2.75, 3.05) is 59.5 Å². The zero-order chi connectivity index (χ0) is 21.9. The molecule has 0 radical (unpaired) electrons. The molecule has 0 unspecified atom stereocenters. The number of nitrogens with one attached hydrogen (secondary N) is 2. The van der Waals surface area contributed by atoms with Crippen LogP contribution in [0.4, 0.5) is 0 Å². The molecule has 1 aliphatic carbocycles. The quantitative estimate of drug-likeness (QED) is 0.247. The molecule has 32 heavy (non-hydrogen) atoms. The van der Waals surface area contributed by atoms with Crippen LogP contribution in [0.5, 0.6) is 0 Å². The molecule has 1 saturated heterocycles. The smallest absolute Gasteiger partial charge is 0.191 e. The van der Waals surface area contributed by atoms with Gasteiger partial charge in [0.05, 0.1) is 6.54 Å². The largest absolute Gasteiger partial charge is 0.385 e. The third kappa shape index (κ3) is 8.15. The van der Waals surface area contributed by atoms with Crippen LogP contribution in [-0.2, 0) is 17.8 Å². The summed E-state index contributed by atoms with van der Waals surface area (Å²) in [6.07, 6.45) is 5.04. The number of rotatable bonds is 11. The Balaban J connectivity index is 0.00000363. The van der Waals surface area contributed by atoms with E-state index in [1.54, 1.807) is 7.11 Å². The number of halogens is 1. The maximum Gasteiger partial charge on any atom is 0.191 e. The minimum atomic E-state index is 0. The second-order valence-electron chi connectivity index (χ2n) is 9.12. The van der Waals surface area contributed by atoms with Gasteiger partial charge in [-0.2, -0.15) is 0 Å². The van der Waals surface area contributed by atoms with Gasteiger partial charge in [0.25, 0.3) is 0 Å². The van der Waals surface area contributed by atoms with E-state index in [4.69, 9.17) is 9.73 Å². The first-order valence-corrected chi connectivity index (χ1v) is 12.2. The van der Waals surface area contributed by atoms with Crippen molar-refractivity contribution in [2.45, 2.75) is 52.6 Å². The van der Waals surface area contributed by atoms with Gasteiger partial charge in [0.2, 0.25) is 0 Å². The highest BCUT2D eigenvalue weighted by molar-refractivity contribution is 14.0. The predicted molar refractivity (Wildman–Crippen MR) is 145 cm³/mol. The van der Waals surface area contributed by atoms with Gasteiger partial charge in [0.1, 0.15) is 0 Å². The van der Waals surface area contributed by atoms with Crippen molar-refractivity contribution >= 4 is 29.9 Å². The molecule has 6 nitrogen and oxygen atoms in total. The summed E-state index contributed by atoms with van der Waals surface area (Å²) in [6.45, 7) is 14.6. The summed E-state index contributed by atoms with van der Waals surface area (Å²) < 4.78 is 5.34. The third-order valence-electron chi connectivity index (χ3n) is 7.06. The van der Waals surface area contributed by atoms with Crippen LogP contribution in [0.2, 0.25) is 0 Å². The van der Waals surface area contributed by atoms with Gasteiger partial charge < -0.3 is 20.3 Å². The first kappa shape index (κ1) is 27.3. The Morgan fingerprint density at radius 3 is 2.31 bits per heavy atom. The molecule has 0 amide bonds. The fourth-order valence-electron chi connectivity index (χ4n) is 4.66. The monoisotopic (exact) mass is 557 g/mol. The Bertz CT molecular complexity index is 687. The predicted octanol–water partition coefficient (Wildman–Crippen LogP) is 3.70. The van der Waals surface area contributed by atoms with Gasteiger partial charge in [-0.25, -0.2) is 4.99 Å². The number of guanidine groups is 1. The normalized spacial score (nSPS) is 19.2. The molecule has 1 aromatic rings. The molecule has 182 valence electrons. The summed E-state index contributed by atoms with van der Waals surface area (Å²) in [4.78, 5) is 10.0. The van der Waals surface area contributed by atoms with Crippen molar-refractivity contribution in [3.05, 3.63) is 35.4 Å². The van der Waals surface area contributed by atoms with E-state index in [2.05, 4.69) is 58.5 Å². The fraction of sp³-hybridized carbons (Fsp3) is 0.720. The molecular formula is C25H44IN5O. The summed E-state index contributed by atoms with van der Waals surface area (Å²) in [5, 5.41) is 7.06. The van der Waals surface area contributed by atoms with Crippen LogP contribution in [0.1, 0.15) is 50.7 Å². The molecule has 2 fully saturated rings. The lowest BCUT2D eigenvalue weighted by Gasteiger charge is -2.42. The molecule has 0 atom stereocenters. The van der Waals surface area contributed by atoms with Crippen molar-refractivity contribution in [3.8, 4) is 0 Å². The number of aliphatic imine (C=N–C) groups is 1. The van der Waals surface area contributed by atoms with Gasteiger partial charge in [-0.05, 0) is 49.3 Å². The molecule has 1 heterocycles. The average molecular weight is 558 g/mol. The highest BCUT2D eigenvalue weighted by Gasteiger charge is 2.36.